The summed E-state index contributed by atoms with van der Waals surface area (Å²) in [6.07, 6.45) is 0. The van der Waals surface area contributed by atoms with Gasteiger partial charge in [0.2, 0.25) is 0 Å². The Morgan fingerprint density at radius 1 is 1.50 bits per heavy atom. The number of piperazine rings is 1. The highest BCUT2D eigenvalue weighted by molar-refractivity contribution is 9.10. The van der Waals surface area contributed by atoms with E-state index in [1.807, 2.05) is 18.2 Å². The Morgan fingerprint density at radius 3 is 2.80 bits per heavy atom. The first kappa shape index (κ1) is 15.1. The van der Waals surface area contributed by atoms with Crippen LogP contribution in [0.3, 0.4) is 0 Å². The number of hydrogen-bond acceptors (Lipinski definition) is 4. The minimum absolute atomic E-state index is 0.118. The van der Waals surface area contributed by atoms with Gasteiger partial charge in [-0.2, -0.15) is 0 Å². The minimum Gasteiger partial charge on any atom is -0.409 e. The molecular weight excluding hydrogens is 320 g/mol. The van der Waals surface area contributed by atoms with Crippen molar-refractivity contribution in [3.8, 4) is 0 Å². The van der Waals surface area contributed by atoms with Crippen LogP contribution in [0.2, 0.25) is 0 Å². The Hall–Kier alpha value is -1.27. The largest absolute Gasteiger partial charge is 0.409 e. The van der Waals surface area contributed by atoms with Gasteiger partial charge in [-0.1, -0.05) is 12.1 Å². The van der Waals surface area contributed by atoms with Crippen molar-refractivity contribution >= 4 is 27.5 Å². The summed E-state index contributed by atoms with van der Waals surface area (Å²) in [5, 5.41) is 11.8. The van der Waals surface area contributed by atoms with Gasteiger partial charge in [0.05, 0.1) is 0 Å². The third-order valence-electron chi connectivity index (χ3n) is 3.87. The average Bonchev–Trinajstić information content (AvgIpc) is 2.46. The first-order chi connectivity index (χ1) is 9.56. The van der Waals surface area contributed by atoms with Crippen LogP contribution >= 0.6 is 15.9 Å². The van der Waals surface area contributed by atoms with Gasteiger partial charge in [-0.15, -0.1) is 0 Å². The number of anilines is 1. The second kappa shape index (κ2) is 6.45. The van der Waals surface area contributed by atoms with Gasteiger partial charge in [-0.05, 0) is 47.6 Å². The van der Waals surface area contributed by atoms with Crippen molar-refractivity contribution in [2.45, 2.75) is 19.9 Å². The number of amidine groups is 1. The summed E-state index contributed by atoms with van der Waals surface area (Å²) in [7, 11) is 0. The van der Waals surface area contributed by atoms with E-state index in [9.17, 15) is 0 Å². The molecule has 0 radical (unpaired) electrons. The van der Waals surface area contributed by atoms with Crippen LogP contribution in [-0.4, -0.2) is 48.2 Å². The number of nitrogens with zero attached hydrogens (tertiary/aromatic N) is 3. The van der Waals surface area contributed by atoms with Crippen LogP contribution in [-0.2, 0) is 0 Å². The number of likely N-dealkylation sites (N-methyl/N-ethyl adjacent to an activating group) is 1. The van der Waals surface area contributed by atoms with Crippen molar-refractivity contribution < 1.29 is 5.21 Å². The van der Waals surface area contributed by atoms with Crippen LogP contribution < -0.4 is 10.6 Å². The molecule has 0 bridgehead atoms. The number of hydrogen-bond donors (Lipinski definition) is 2. The van der Waals surface area contributed by atoms with Gasteiger partial charge in [0.1, 0.15) is 0 Å². The fourth-order valence-corrected chi connectivity index (χ4v) is 3.23. The molecule has 110 valence electrons. The number of oxime groups is 1. The minimum atomic E-state index is 0.118. The van der Waals surface area contributed by atoms with Crippen molar-refractivity contribution in [1.82, 2.24) is 4.90 Å². The first-order valence-electron chi connectivity index (χ1n) is 6.83. The van der Waals surface area contributed by atoms with Gasteiger partial charge in [0.15, 0.2) is 5.84 Å². The summed E-state index contributed by atoms with van der Waals surface area (Å²) in [6, 6.07) is 6.48. The Bertz CT molecular complexity index is 506. The molecule has 1 unspecified atom stereocenters. The molecule has 0 spiro atoms. The molecule has 1 aromatic rings. The highest BCUT2D eigenvalue weighted by Gasteiger charge is 2.22. The van der Waals surface area contributed by atoms with E-state index in [-0.39, 0.29) is 5.84 Å². The Labute approximate surface area is 128 Å². The summed E-state index contributed by atoms with van der Waals surface area (Å²) in [4.78, 5) is 4.86. The van der Waals surface area contributed by atoms with Gasteiger partial charge in [0, 0.05) is 41.4 Å². The lowest BCUT2D eigenvalue weighted by Gasteiger charge is -2.40. The highest BCUT2D eigenvalue weighted by atomic mass is 79.9. The van der Waals surface area contributed by atoms with Crippen LogP contribution in [0.15, 0.2) is 27.8 Å². The Morgan fingerprint density at radius 2 is 2.25 bits per heavy atom. The SMILES string of the molecule is CCN1CCN(c2ccc(/C(N)=N/O)c(Br)c2)CC1C. The van der Waals surface area contributed by atoms with E-state index in [2.05, 4.69) is 44.7 Å². The summed E-state index contributed by atoms with van der Waals surface area (Å²) >= 11 is 3.49. The van der Waals surface area contributed by atoms with E-state index >= 15 is 0 Å². The molecule has 5 nitrogen and oxygen atoms in total. The van der Waals surface area contributed by atoms with Gasteiger partial charge in [-0.3, -0.25) is 4.90 Å². The molecule has 3 N–H and O–H groups in total. The zero-order valence-electron chi connectivity index (χ0n) is 11.9. The zero-order valence-corrected chi connectivity index (χ0v) is 13.5. The molecule has 0 aliphatic carbocycles. The molecule has 1 aliphatic heterocycles. The van der Waals surface area contributed by atoms with Gasteiger partial charge in [-0.25, -0.2) is 0 Å². The van der Waals surface area contributed by atoms with E-state index in [0.29, 0.717) is 11.6 Å². The third-order valence-corrected chi connectivity index (χ3v) is 4.53. The predicted molar refractivity (Wildman–Crippen MR) is 85.6 cm³/mol. The normalized spacial score (nSPS) is 21.2. The summed E-state index contributed by atoms with van der Waals surface area (Å²) in [5.41, 5.74) is 7.50. The standard InChI is InChI=1S/C14H21BrN4O/c1-3-18-6-7-19(9-10(18)2)11-4-5-12(13(15)8-11)14(16)17-20/h4-5,8,10,20H,3,6-7,9H2,1-2H3,(H2,16,17). The van der Waals surface area contributed by atoms with Crippen molar-refractivity contribution in [3.05, 3.63) is 28.2 Å². The smallest absolute Gasteiger partial charge is 0.171 e. The average molecular weight is 341 g/mol. The number of benzene rings is 1. The Kier molecular flexibility index (Phi) is 4.88. The topological polar surface area (TPSA) is 65.1 Å². The molecule has 0 amide bonds. The summed E-state index contributed by atoms with van der Waals surface area (Å²) in [6.45, 7) is 8.68. The van der Waals surface area contributed by atoms with Crippen molar-refractivity contribution in [3.63, 3.8) is 0 Å². The molecule has 20 heavy (non-hydrogen) atoms. The molecule has 1 atom stereocenters. The van der Waals surface area contributed by atoms with Gasteiger partial charge in [0.25, 0.3) is 0 Å². The highest BCUT2D eigenvalue weighted by Crippen LogP contribution is 2.26. The molecule has 2 rings (SSSR count). The maximum atomic E-state index is 8.75. The van der Waals surface area contributed by atoms with Gasteiger partial charge >= 0.3 is 0 Å². The van der Waals surface area contributed by atoms with Crippen LogP contribution in [0.4, 0.5) is 5.69 Å². The molecule has 1 aromatic carbocycles. The molecule has 1 saturated heterocycles. The fourth-order valence-electron chi connectivity index (χ4n) is 2.66. The Balaban J connectivity index is 2.17. The van der Waals surface area contributed by atoms with E-state index in [1.165, 1.54) is 0 Å². The van der Waals surface area contributed by atoms with Crippen LogP contribution in [0.25, 0.3) is 0 Å². The molecule has 0 saturated carbocycles. The van der Waals surface area contributed by atoms with Crippen LogP contribution in [0.1, 0.15) is 19.4 Å². The molecular formula is C14H21BrN4O. The van der Waals surface area contributed by atoms with Crippen molar-refractivity contribution in [1.29, 1.82) is 0 Å². The quantitative estimate of drug-likeness (QED) is 0.382. The zero-order chi connectivity index (χ0) is 14.7. The summed E-state index contributed by atoms with van der Waals surface area (Å²) in [5.74, 6) is 0.118. The van der Waals surface area contributed by atoms with Crippen LogP contribution in [0.5, 0.6) is 0 Å². The predicted octanol–water partition coefficient (Wildman–Crippen LogP) is 2.07. The van der Waals surface area contributed by atoms with Crippen molar-refractivity contribution in [2.75, 3.05) is 31.1 Å². The van der Waals surface area contributed by atoms with Crippen molar-refractivity contribution in [2.24, 2.45) is 10.9 Å². The second-order valence-corrected chi connectivity index (χ2v) is 5.93. The second-order valence-electron chi connectivity index (χ2n) is 5.07. The number of nitrogens with two attached hydrogens (primary N) is 1. The number of rotatable bonds is 3. The van der Waals surface area contributed by atoms with E-state index < -0.39 is 0 Å². The molecule has 1 fully saturated rings. The lowest BCUT2D eigenvalue weighted by molar-refractivity contribution is 0.199. The van der Waals surface area contributed by atoms with E-state index in [4.69, 9.17) is 10.9 Å². The maximum absolute atomic E-state index is 8.75. The van der Waals surface area contributed by atoms with Gasteiger partial charge < -0.3 is 15.8 Å². The maximum Gasteiger partial charge on any atom is 0.171 e. The van der Waals surface area contributed by atoms with E-state index in [0.717, 1.165) is 36.3 Å². The summed E-state index contributed by atoms with van der Waals surface area (Å²) < 4.78 is 0.843. The molecule has 1 aliphatic rings. The third kappa shape index (κ3) is 3.07. The molecule has 6 heteroatoms. The monoisotopic (exact) mass is 340 g/mol. The molecule has 0 aromatic heterocycles. The van der Waals surface area contributed by atoms with E-state index in [1.54, 1.807) is 0 Å². The molecule has 1 heterocycles. The lowest BCUT2D eigenvalue weighted by Crippen LogP contribution is -2.51. The number of halogens is 1. The fraction of sp³-hybridized carbons (Fsp3) is 0.500. The lowest BCUT2D eigenvalue weighted by atomic mass is 10.1. The van der Waals surface area contributed by atoms with Crippen LogP contribution in [0, 0.1) is 0 Å². The first-order valence-corrected chi connectivity index (χ1v) is 7.62.